The Morgan fingerprint density at radius 2 is 1.84 bits per heavy atom. The van der Waals surface area contributed by atoms with E-state index in [-0.39, 0.29) is 17.7 Å². The fraction of sp³-hybridized carbons (Fsp3) is 0.579. The van der Waals surface area contributed by atoms with Gasteiger partial charge in [-0.15, -0.1) is 0 Å². The zero-order chi connectivity index (χ0) is 18.2. The quantitative estimate of drug-likeness (QED) is 0.762. The summed E-state index contributed by atoms with van der Waals surface area (Å²) >= 11 is 0. The zero-order valence-electron chi connectivity index (χ0n) is 15.5. The van der Waals surface area contributed by atoms with Crippen LogP contribution in [0.15, 0.2) is 24.3 Å². The Hall–Kier alpha value is -2.08. The second-order valence-electron chi connectivity index (χ2n) is 6.74. The van der Waals surface area contributed by atoms with Crippen LogP contribution in [0.2, 0.25) is 0 Å². The molecule has 138 valence electrons. The van der Waals surface area contributed by atoms with Crippen LogP contribution in [-0.4, -0.2) is 69.0 Å². The topological polar surface area (TPSA) is 61.9 Å². The standard InChI is InChI=1S/C19H29N3O3/c1-21(2)12-4-11-20-18(23)15-9-13-22(14-10-15)19(24)16-5-7-17(25-3)8-6-16/h5-8,15H,4,9-14H2,1-3H3,(H,20,23). The molecule has 1 aliphatic rings. The van der Waals surface area contributed by atoms with Gasteiger partial charge in [0.15, 0.2) is 0 Å². The van der Waals surface area contributed by atoms with Crippen molar-refractivity contribution in [3.63, 3.8) is 0 Å². The van der Waals surface area contributed by atoms with Crippen molar-refractivity contribution in [3.8, 4) is 5.75 Å². The van der Waals surface area contributed by atoms with Crippen molar-refractivity contribution in [2.24, 2.45) is 5.92 Å². The summed E-state index contributed by atoms with van der Waals surface area (Å²) in [6.07, 6.45) is 2.40. The third-order valence-electron chi connectivity index (χ3n) is 4.57. The largest absolute Gasteiger partial charge is 0.497 e. The monoisotopic (exact) mass is 347 g/mol. The van der Waals surface area contributed by atoms with Crippen LogP contribution in [0.3, 0.4) is 0 Å². The summed E-state index contributed by atoms with van der Waals surface area (Å²) in [5.74, 6) is 0.892. The van der Waals surface area contributed by atoms with Gasteiger partial charge in [-0.1, -0.05) is 0 Å². The number of piperidine rings is 1. The van der Waals surface area contributed by atoms with Gasteiger partial charge < -0.3 is 19.9 Å². The summed E-state index contributed by atoms with van der Waals surface area (Å²) in [6.45, 7) is 2.93. The predicted octanol–water partition coefficient (Wildman–Crippen LogP) is 1.62. The van der Waals surface area contributed by atoms with Gasteiger partial charge in [-0.3, -0.25) is 9.59 Å². The van der Waals surface area contributed by atoms with Crippen molar-refractivity contribution in [2.75, 3.05) is 47.4 Å². The van der Waals surface area contributed by atoms with Crippen LogP contribution in [0.4, 0.5) is 0 Å². The number of likely N-dealkylation sites (tertiary alicyclic amines) is 1. The van der Waals surface area contributed by atoms with Crippen LogP contribution in [0.1, 0.15) is 29.6 Å². The van der Waals surface area contributed by atoms with Crippen molar-refractivity contribution in [1.82, 2.24) is 15.1 Å². The Labute approximate surface area is 150 Å². The fourth-order valence-corrected chi connectivity index (χ4v) is 3.01. The number of hydrogen-bond donors (Lipinski definition) is 1. The number of amides is 2. The lowest BCUT2D eigenvalue weighted by Gasteiger charge is -2.31. The average molecular weight is 347 g/mol. The summed E-state index contributed by atoms with van der Waals surface area (Å²) in [4.78, 5) is 28.7. The molecule has 0 aliphatic carbocycles. The molecule has 0 unspecified atom stereocenters. The first-order chi connectivity index (χ1) is 12.0. The second-order valence-corrected chi connectivity index (χ2v) is 6.74. The van der Waals surface area contributed by atoms with Gasteiger partial charge in [0.25, 0.3) is 5.91 Å². The summed E-state index contributed by atoms with van der Waals surface area (Å²) in [5.41, 5.74) is 0.660. The molecule has 0 spiro atoms. The van der Waals surface area contributed by atoms with E-state index in [1.54, 1.807) is 31.4 Å². The highest BCUT2D eigenvalue weighted by Crippen LogP contribution is 2.20. The molecular weight excluding hydrogens is 318 g/mol. The zero-order valence-corrected chi connectivity index (χ0v) is 15.5. The van der Waals surface area contributed by atoms with E-state index < -0.39 is 0 Å². The lowest BCUT2D eigenvalue weighted by Crippen LogP contribution is -2.43. The third-order valence-corrected chi connectivity index (χ3v) is 4.57. The molecule has 0 saturated carbocycles. The smallest absolute Gasteiger partial charge is 0.253 e. The van der Waals surface area contributed by atoms with Gasteiger partial charge in [-0.2, -0.15) is 0 Å². The summed E-state index contributed by atoms with van der Waals surface area (Å²) in [6, 6.07) is 7.15. The normalized spacial score (nSPS) is 15.3. The Morgan fingerprint density at radius 3 is 2.40 bits per heavy atom. The van der Waals surface area contributed by atoms with Crippen LogP contribution in [0.5, 0.6) is 5.75 Å². The first kappa shape index (κ1) is 19.2. The molecule has 1 aromatic rings. The van der Waals surface area contributed by atoms with E-state index in [4.69, 9.17) is 4.74 Å². The molecule has 1 fully saturated rings. The number of carbonyl (C=O) groups is 2. The number of carbonyl (C=O) groups excluding carboxylic acids is 2. The summed E-state index contributed by atoms with van der Waals surface area (Å²) in [7, 11) is 5.65. The average Bonchev–Trinajstić information content (AvgIpc) is 2.64. The van der Waals surface area contributed by atoms with E-state index in [2.05, 4.69) is 10.2 Å². The molecule has 0 atom stereocenters. The Morgan fingerprint density at radius 1 is 1.20 bits per heavy atom. The van der Waals surface area contributed by atoms with E-state index in [0.717, 1.165) is 31.6 Å². The van der Waals surface area contributed by atoms with Crippen LogP contribution in [0.25, 0.3) is 0 Å². The molecule has 2 amide bonds. The molecule has 0 radical (unpaired) electrons. The number of nitrogens with one attached hydrogen (secondary N) is 1. The SMILES string of the molecule is COc1ccc(C(=O)N2CCC(C(=O)NCCCN(C)C)CC2)cc1. The van der Waals surface area contributed by atoms with Crippen molar-refractivity contribution in [3.05, 3.63) is 29.8 Å². The molecular formula is C19H29N3O3. The first-order valence-corrected chi connectivity index (χ1v) is 8.87. The number of rotatable bonds is 7. The van der Waals surface area contributed by atoms with E-state index in [1.807, 2.05) is 19.0 Å². The van der Waals surface area contributed by atoms with Gasteiger partial charge in [-0.05, 0) is 64.2 Å². The van der Waals surface area contributed by atoms with Gasteiger partial charge >= 0.3 is 0 Å². The molecule has 1 aromatic carbocycles. The number of benzene rings is 1. The minimum atomic E-state index is 0.0132. The van der Waals surface area contributed by atoms with Gasteiger partial charge in [-0.25, -0.2) is 0 Å². The number of ether oxygens (including phenoxy) is 1. The van der Waals surface area contributed by atoms with Crippen LogP contribution in [0, 0.1) is 5.92 Å². The molecule has 1 heterocycles. The number of methoxy groups -OCH3 is 1. The Kier molecular flexibility index (Phi) is 7.25. The van der Waals surface area contributed by atoms with Crippen LogP contribution >= 0.6 is 0 Å². The first-order valence-electron chi connectivity index (χ1n) is 8.87. The predicted molar refractivity (Wildman–Crippen MR) is 97.8 cm³/mol. The highest BCUT2D eigenvalue weighted by Gasteiger charge is 2.27. The summed E-state index contributed by atoms with van der Waals surface area (Å²) < 4.78 is 5.12. The maximum Gasteiger partial charge on any atom is 0.253 e. The maximum absolute atomic E-state index is 12.5. The lowest BCUT2D eigenvalue weighted by molar-refractivity contribution is -0.126. The van der Waals surface area contributed by atoms with Crippen molar-refractivity contribution in [1.29, 1.82) is 0 Å². The molecule has 0 aromatic heterocycles. The molecule has 6 nitrogen and oxygen atoms in total. The minimum Gasteiger partial charge on any atom is -0.497 e. The maximum atomic E-state index is 12.5. The summed E-state index contributed by atoms with van der Waals surface area (Å²) in [5, 5.41) is 3.01. The van der Waals surface area contributed by atoms with Gasteiger partial charge in [0.1, 0.15) is 5.75 Å². The molecule has 0 bridgehead atoms. The van der Waals surface area contributed by atoms with Crippen molar-refractivity contribution < 1.29 is 14.3 Å². The van der Waals surface area contributed by atoms with Crippen molar-refractivity contribution >= 4 is 11.8 Å². The number of hydrogen-bond acceptors (Lipinski definition) is 4. The highest BCUT2D eigenvalue weighted by atomic mass is 16.5. The third kappa shape index (κ3) is 5.74. The molecule has 2 rings (SSSR count). The van der Waals surface area contributed by atoms with E-state index in [0.29, 0.717) is 25.2 Å². The van der Waals surface area contributed by atoms with Crippen LogP contribution < -0.4 is 10.1 Å². The van der Waals surface area contributed by atoms with Crippen LogP contribution in [-0.2, 0) is 4.79 Å². The lowest BCUT2D eigenvalue weighted by atomic mass is 9.95. The molecule has 25 heavy (non-hydrogen) atoms. The molecule has 6 heteroatoms. The highest BCUT2D eigenvalue weighted by molar-refractivity contribution is 5.94. The fourth-order valence-electron chi connectivity index (χ4n) is 3.01. The number of nitrogens with zero attached hydrogens (tertiary/aromatic N) is 2. The van der Waals surface area contributed by atoms with Gasteiger partial charge in [0.2, 0.25) is 5.91 Å². The Bertz CT molecular complexity index is 564. The molecule has 1 saturated heterocycles. The van der Waals surface area contributed by atoms with E-state index in [1.165, 1.54) is 0 Å². The van der Waals surface area contributed by atoms with E-state index in [9.17, 15) is 9.59 Å². The van der Waals surface area contributed by atoms with Gasteiger partial charge in [0.05, 0.1) is 7.11 Å². The second kappa shape index (κ2) is 9.42. The van der Waals surface area contributed by atoms with E-state index >= 15 is 0 Å². The minimum absolute atomic E-state index is 0.0132. The van der Waals surface area contributed by atoms with Gasteiger partial charge in [0, 0.05) is 31.1 Å². The molecule has 1 aliphatic heterocycles. The Balaban J connectivity index is 1.76. The van der Waals surface area contributed by atoms with Crippen molar-refractivity contribution in [2.45, 2.75) is 19.3 Å². The molecule has 1 N–H and O–H groups in total.